The third kappa shape index (κ3) is 4.70. The summed E-state index contributed by atoms with van der Waals surface area (Å²) in [6.45, 7) is 2.02. The lowest BCUT2D eigenvalue weighted by Crippen LogP contribution is -2.43. The minimum atomic E-state index is -0.775. The molecule has 4 rings (SSSR count). The molecule has 1 aromatic carbocycles. The third-order valence-corrected chi connectivity index (χ3v) is 5.84. The number of rotatable bonds is 6. The summed E-state index contributed by atoms with van der Waals surface area (Å²) in [5, 5.41) is 6.20. The maximum atomic E-state index is 14.7. The predicted molar refractivity (Wildman–Crippen MR) is 124 cm³/mol. The summed E-state index contributed by atoms with van der Waals surface area (Å²) in [6.07, 6.45) is 7.17. The fourth-order valence-electron chi connectivity index (χ4n) is 4.08. The second-order valence-corrected chi connectivity index (χ2v) is 8.18. The molecule has 1 fully saturated rings. The Kier molecular flexibility index (Phi) is 6.32. The van der Waals surface area contributed by atoms with Crippen molar-refractivity contribution in [1.29, 1.82) is 0 Å². The molecule has 0 spiro atoms. The monoisotopic (exact) mass is 434 g/mol. The molecule has 0 radical (unpaired) electrons. The molecule has 0 bridgehead atoms. The second kappa shape index (κ2) is 9.32. The van der Waals surface area contributed by atoms with E-state index in [0.29, 0.717) is 5.69 Å². The van der Waals surface area contributed by atoms with Gasteiger partial charge in [-0.3, -0.25) is 9.78 Å². The van der Waals surface area contributed by atoms with Gasteiger partial charge in [-0.25, -0.2) is 9.37 Å². The summed E-state index contributed by atoms with van der Waals surface area (Å²) in [5.41, 5.74) is 15.3. The lowest BCUT2D eigenvalue weighted by Gasteiger charge is -2.30. The first-order chi connectivity index (χ1) is 15.4. The van der Waals surface area contributed by atoms with Crippen LogP contribution in [0.4, 0.5) is 21.7 Å². The van der Waals surface area contributed by atoms with E-state index >= 15 is 0 Å². The van der Waals surface area contributed by atoms with Gasteiger partial charge in [0.1, 0.15) is 5.82 Å². The zero-order valence-corrected chi connectivity index (χ0v) is 17.9. The van der Waals surface area contributed by atoms with Gasteiger partial charge >= 0.3 is 0 Å². The highest BCUT2D eigenvalue weighted by atomic mass is 19.1. The van der Waals surface area contributed by atoms with Crippen molar-refractivity contribution in [3.05, 3.63) is 65.7 Å². The van der Waals surface area contributed by atoms with Crippen molar-refractivity contribution in [2.75, 3.05) is 10.6 Å². The zero-order chi connectivity index (χ0) is 22.7. The first-order valence-electron chi connectivity index (χ1n) is 10.7. The molecule has 1 aliphatic carbocycles. The smallest absolute Gasteiger partial charge is 0.252 e. The van der Waals surface area contributed by atoms with Gasteiger partial charge in [0.05, 0.1) is 17.4 Å². The van der Waals surface area contributed by atoms with Crippen LogP contribution in [0, 0.1) is 12.7 Å². The Morgan fingerprint density at radius 1 is 1.12 bits per heavy atom. The van der Waals surface area contributed by atoms with Crippen LogP contribution in [0.15, 0.2) is 48.8 Å². The zero-order valence-electron chi connectivity index (χ0n) is 17.9. The number of aromatic nitrogens is 2. The van der Waals surface area contributed by atoms with Crippen LogP contribution >= 0.6 is 0 Å². The fourth-order valence-corrected chi connectivity index (χ4v) is 4.08. The number of pyridine rings is 2. The van der Waals surface area contributed by atoms with Crippen molar-refractivity contribution in [1.82, 2.24) is 9.97 Å². The van der Waals surface area contributed by atoms with Gasteiger partial charge in [0, 0.05) is 23.8 Å². The fraction of sp³-hybridized carbons (Fsp3) is 0.292. The first-order valence-corrected chi connectivity index (χ1v) is 10.7. The number of carbonyl (C=O) groups excluding carboxylic acids is 1. The van der Waals surface area contributed by atoms with Gasteiger partial charge in [-0.15, -0.1) is 0 Å². The summed E-state index contributed by atoms with van der Waals surface area (Å²) in [4.78, 5) is 20.6. The van der Waals surface area contributed by atoms with E-state index in [1.807, 2.05) is 37.3 Å². The van der Waals surface area contributed by atoms with Crippen LogP contribution in [0.25, 0.3) is 11.1 Å². The lowest BCUT2D eigenvalue weighted by atomic mass is 9.91. The number of hydrogen-bond acceptors (Lipinski definition) is 6. The Morgan fingerprint density at radius 3 is 2.66 bits per heavy atom. The van der Waals surface area contributed by atoms with Crippen LogP contribution in [-0.4, -0.2) is 28.0 Å². The van der Waals surface area contributed by atoms with Crippen molar-refractivity contribution in [3.8, 4) is 11.1 Å². The Labute approximate surface area is 186 Å². The number of nitrogens with zero attached hydrogens (tertiary/aromatic N) is 2. The highest BCUT2D eigenvalue weighted by molar-refractivity contribution is 5.98. The molecule has 2 heterocycles. The third-order valence-electron chi connectivity index (χ3n) is 5.84. The summed E-state index contributed by atoms with van der Waals surface area (Å²) in [6, 6.07) is 10.8. The topological polar surface area (TPSA) is 119 Å². The van der Waals surface area contributed by atoms with E-state index < -0.39 is 11.7 Å². The minimum Gasteiger partial charge on any atom is -0.365 e. The minimum absolute atomic E-state index is 0.0395. The van der Waals surface area contributed by atoms with Gasteiger partial charge in [-0.2, -0.15) is 0 Å². The number of nitrogens with one attached hydrogen (secondary N) is 2. The molecule has 1 aliphatic rings. The van der Waals surface area contributed by atoms with E-state index in [1.54, 1.807) is 12.4 Å². The van der Waals surface area contributed by atoms with E-state index in [0.717, 1.165) is 48.4 Å². The number of aryl methyl sites for hydroxylation is 1. The molecule has 0 saturated heterocycles. The van der Waals surface area contributed by atoms with Gasteiger partial charge in [0.25, 0.3) is 5.91 Å². The molecule has 8 heteroatoms. The average Bonchev–Trinajstić information content (AvgIpc) is 2.77. The molecule has 0 aliphatic heterocycles. The van der Waals surface area contributed by atoms with Crippen LogP contribution in [0.1, 0.15) is 41.6 Å². The van der Waals surface area contributed by atoms with Crippen molar-refractivity contribution < 1.29 is 9.18 Å². The van der Waals surface area contributed by atoms with Gasteiger partial charge < -0.3 is 22.1 Å². The number of hydrogen-bond donors (Lipinski definition) is 4. The van der Waals surface area contributed by atoms with E-state index in [2.05, 4.69) is 20.6 Å². The normalized spacial score (nSPS) is 18.2. The molecule has 1 amide bonds. The molecule has 1 saturated carbocycles. The highest BCUT2D eigenvalue weighted by Crippen LogP contribution is 2.29. The van der Waals surface area contributed by atoms with Crippen LogP contribution < -0.4 is 22.1 Å². The Hall–Kier alpha value is -3.52. The highest BCUT2D eigenvalue weighted by Gasteiger charge is 2.24. The van der Waals surface area contributed by atoms with Crippen molar-refractivity contribution in [2.24, 2.45) is 11.5 Å². The maximum absolute atomic E-state index is 14.7. The largest absolute Gasteiger partial charge is 0.365 e. The number of nitrogens with two attached hydrogens (primary N) is 2. The molecule has 6 N–H and O–H groups in total. The van der Waals surface area contributed by atoms with Gasteiger partial charge in [0.2, 0.25) is 0 Å². The Balaban J connectivity index is 1.66. The molecule has 2 unspecified atom stereocenters. The van der Waals surface area contributed by atoms with Crippen molar-refractivity contribution in [3.63, 3.8) is 0 Å². The van der Waals surface area contributed by atoms with Crippen LogP contribution in [0.2, 0.25) is 0 Å². The van der Waals surface area contributed by atoms with Gasteiger partial charge in [-0.05, 0) is 43.0 Å². The molecule has 2 aromatic heterocycles. The molecule has 32 heavy (non-hydrogen) atoms. The van der Waals surface area contributed by atoms with Crippen LogP contribution in [-0.2, 0) is 0 Å². The second-order valence-electron chi connectivity index (χ2n) is 8.18. The summed E-state index contributed by atoms with van der Waals surface area (Å²) in [5.74, 6) is -1.21. The SMILES string of the molecule is Cc1ccccc1-c1cncc(Nc2nc(NC3CCCCC3N)c(F)cc2C(N)=O)c1. The van der Waals surface area contributed by atoms with E-state index in [9.17, 15) is 9.18 Å². The molecular weight excluding hydrogens is 407 g/mol. The van der Waals surface area contributed by atoms with Gasteiger partial charge in [0.15, 0.2) is 11.6 Å². The number of anilines is 3. The lowest BCUT2D eigenvalue weighted by molar-refractivity contribution is 0.100. The number of carbonyl (C=O) groups is 1. The van der Waals surface area contributed by atoms with Crippen LogP contribution in [0.3, 0.4) is 0 Å². The van der Waals surface area contributed by atoms with Crippen LogP contribution in [0.5, 0.6) is 0 Å². The van der Waals surface area contributed by atoms with E-state index in [-0.39, 0.29) is 29.3 Å². The van der Waals surface area contributed by atoms with E-state index in [1.165, 1.54) is 0 Å². The summed E-state index contributed by atoms with van der Waals surface area (Å²) >= 11 is 0. The molecule has 3 aromatic rings. The molecular formula is C24H27FN6O. The number of amides is 1. The molecule has 2 atom stereocenters. The summed E-state index contributed by atoms with van der Waals surface area (Å²) < 4.78 is 14.7. The molecule has 7 nitrogen and oxygen atoms in total. The average molecular weight is 435 g/mol. The Morgan fingerprint density at radius 2 is 1.91 bits per heavy atom. The standard InChI is InChI=1S/C24H27FN6O/c1-14-6-2-3-7-17(14)15-10-16(13-28-12-15)29-23-18(22(27)32)11-19(25)24(31-23)30-21-9-5-4-8-20(21)26/h2-3,6-7,10-13,20-21H,4-5,8-9,26H2,1H3,(H2,27,32)(H2,29,30,31). The quantitative estimate of drug-likeness (QED) is 0.463. The predicted octanol–water partition coefficient (Wildman–Crippen LogP) is 4.12. The van der Waals surface area contributed by atoms with Crippen molar-refractivity contribution >= 4 is 23.2 Å². The number of benzene rings is 1. The Bertz CT molecular complexity index is 1140. The number of halogens is 1. The number of primary amides is 1. The van der Waals surface area contributed by atoms with Gasteiger partial charge in [-0.1, -0.05) is 37.1 Å². The molecule has 166 valence electrons. The summed E-state index contributed by atoms with van der Waals surface area (Å²) in [7, 11) is 0. The maximum Gasteiger partial charge on any atom is 0.252 e. The van der Waals surface area contributed by atoms with Crippen molar-refractivity contribution in [2.45, 2.75) is 44.7 Å². The van der Waals surface area contributed by atoms with E-state index in [4.69, 9.17) is 11.5 Å². The first kappa shape index (κ1) is 21.7.